The third kappa shape index (κ3) is 15.5. The van der Waals surface area contributed by atoms with E-state index in [4.69, 9.17) is 0 Å². The van der Waals surface area contributed by atoms with Gasteiger partial charge in [-0.2, -0.15) is 97.1 Å². The molecule has 31 rings (SSSR count). The molecule has 0 nitrogen and oxygen atoms in total. The van der Waals surface area contributed by atoms with Crippen LogP contribution in [0.1, 0.15) is 0 Å². The summed E-state index contributed by atoms with van der Waals surface area (Å²) in [7, 11) is 0. The van der Waals surface area contributed by atoms with E-state index >= 15 is 0 Å². The summed E-state index contributed by atoms with van der Waals surface area (Å²) in [6.45, 7) is 0. The Balaban J connectivity index is 0.0000000895. The van der Waals surface area contributed by atoms with Crippen molar-refractivity contribution in [1.82, 2.24) is 0 Å². The smallest absolute Gasteiger partial charge is 0.226 e. The van der Waals surface area contributed by atoms with Crippen molar-refractivity contribution in [2.24, 2.45) is 0 Å². The summed E-state index contributed by atoms with van der Waals surface area (Å²) in [5, 5.41) is 57.1. The molecule has 0 bridgehead atoms. The Labute approximate surface area is 824 Å². The molecule has 0 fully saturated rings. The number of rotatable bonds is 2. The zero-order valence-corrected chi connectivity index (χ0v) is 81.7. The molecule has 0 radical (unpaired) electrons. The quantitative estimate of drug-likeness (QED) is 0.0919. The summed E-state index contributed by atoms with van der Waals surface area (Å²) < 4.78 is 0. The minimum atomic E-state index is 0. The van der Waals surface area contributed by atoms with E-state index in [0.29, 0.717) is 0 Å². The van der Waals surface area contributed by atoms with Crippen LogP contribution in [-0.4, -0.2) is 0 Å². The summed E-state index contributed by atoms with van der Waals surface area (Å²) >= 11 is 0. The van der Waals surface area contributed by atoms with Gasteiger partial charge in [-0.15, -0.1) is 24.3 Å². The zero-order valence-electron chi connectivity index (χ0n) is 73.3. The van der Waals surface area contributed by atoms with Gasteiger partial charge < -0.3 is 0 Å². The molecule has 31 aromatic rings. The number of benzene rings is 31. The Morgan fingerprint density at radius 2 is 0.194 bits per heavy atom. The van der Waals surface area contributed by atoms with Gasteiger partial charge in [-0.3, -0.25) is 0 Å². The van der Waals surface area contributed by atoms with E-state index in [0.717, 1.165) is 22.3 Å². The van der Waals surface area contributed by atoms with Crippen LogP contribution in [0, 0.1) is 86.5 Å². The second-order valence-corrected chi connectivity index (χ2v) is 34.2. The predicted molar refractivity (Wildman–Crippen MR) is 572 cm³/mol. The van der Waals surface area contributed by atoms with E-state index in [1.165, 1.54) is 226 Å². The molecule has 0 aromatic heterocycles. The average Bonchev–Trinajstić information content (AvgIpc) is 0.723. The number of hydrogen-bond donors (Lipinski definition) is 0. The van der Waals surface area contributed by atoms with Crippen molar-refractivity contribution < 1.29 is 62.2 Å². The van der Waals surface area contributed by atoms with E-state index in [9.17, 15) is 0 Å². The van der Waals surface area contributed by atoms with Crippen molar-refractivity contribution in [3.05, 3.63) is 522 Å². The van der Waals surface area contributed by atoms with Gasteiger partial charge in [0.1, 0.15) is 0 Å². The minimum absolute atomic E-state index is 0. The minimum Gasteiger partial charge on any atom is -0.226 e. The van der Waals surface area contributed by atoms with Crippen LogP contribution in [-0.2, 0) is 0 Å². The number of fused-ring (bicyclic) bond motifs is 6. The fourth-order valence-electron chi connectivity index (χ4n) is 21.0. The second kappa shape index (κ2) is 36.9. The largest absolute Gasteiger partial charge is 2.00 e. The molecule has 0 unspecified atom stereocenters. The molecule has 0 aliphatic heterocycles. The zero-order chi connectivity index (χ0) is 87.4. The Bertz CT molecular complexity index is 7780. The molecule has 0 amide bonds. The standard InChI is InChI=1S/3C20H12.3C16H10.2C12H8.2U/c3*1-5-13-6-2-11-17-18-12-4-8-14-7-3-10-16(20(14)18)15(9-1)19(13)17;3*1-3-11-7-9-13-5-2-6-14-10-8-12(4-1)15(11)16(13)14;2*1-3-7-11(8-4-1)12-9-5-2-6-10-12;;/h3*1-12H;3*1-10H;2*1-7,9H;;/q;;;;;;2*-2;2*+2. The monoisotopic (exact) mass is 2140 g/mol. The van der Waals surface area contributed by atoms with Crippen molar-refractivity contribution >= 4 is 226 Å². The molecule has 134 heavy (non-hydrogen) atoms. The molecule has 0 saturated heterocycles. The molecule has 0 atom stereocenters. The summed E-state index contributed by atoms with van der Waals surface area (Å²) in [6.07, 6.45) is 0. The molecule has 0 aliphatic rings. The first kappa shape index (κ1) is 84.5. The molecule has 0 aliphatic carbocycles. The number of hydrogen-bond acceptors (Lipinski definition) is 0. The maximum atomic E-state index is 3.15. The topological polar surface area (TPSA) is 0 Å². The predicted octanol–water partition coefficient (Wildman–Crippen LogP) is 36.9. The molecular weight excluding hydrogens is 2060 g/mol. The van der Waals surface area contributed by atoms with Crippen LogP contribution in [0.5, 0.6) is 0 Å². The summed E-state index contributed by atoms with van der Waals surface area (Å²) in [6, 6.07) is 189. The van der Waals surface area contributed by atoms with Gasteiger partial charge in [0.15, 0.2) is 0 Å². The van der Waals surface area contributed by atoms with Gasteiger partial charge in [0.25, 0.3) is 0 Å². The van der Waals surface area contributed by atoms with Crippen molar-refractivity contribution in [2.45, 2.75) is 0 Å². The van der Waals surface area contributed by atoms with Crippen LogP contribution >= 0.6 is 0 Å². The molecule has 2 heteroatoms. The molecule has 618 valence electrons. The van der Waals surface area contributed by atoms with E-state index in [-0.39, 0.29) is 62.2 Å². The Hall–Kier alpha value is -15.1. The normalized spacial score (nSPS) is 11.3. The van der Waals surface area contributed by atoms with Gasteiger partial charge in [0.2, 0.25) is 0 Å². The molecule has 0 N–H and O–H groups in total. The van der Waals surface area contributed by atoms with Gasteiger partial charge in [-0.1, -0.05) is 400 Å². The Kier molecular flexibility index (Phi) is 23.3. The first-order valence-electron chi connectivity index (χ1n) is 45.4. The van der Waals surface area contributed by atoms with Gasteiger partial charge in [-0.25, -0.2) is 22.3 Å². The van der Waals surface area contributed by atoms with Crippen molar-refractivity contribution in [3.63, 3.8) is 0 Å². The van der Waals surface area contributed by atoms with Crippen LogP contribution in [0.15, 0.2) is 497 Å². The maximum Gasteiger partial charge on any atom is 2.00 e. The van der Waals surface area contributed by atoms with E-state index < -0.39 is 0 Å². The van der Waals surface area contributed by atoms with Crippen LogP contribution in [0.25, 0.3) is 248 Å². The van der Waals surface area contributed by atoms with Crippen molar-refractivity contribution in [1.29, 1.82) is 0 Å². The molecule has 0 heterocycles. The van der Waals surface area contributed by atoms with Crippen LogP contribution in [0.2, 0.25) is 0 Å². The first-order chi connectivity index (χ1) is 65.5. The van der Waals surface area contributed by atoms with Crippen LogP contribution in [0.4, 0.5) is 0 Å². The second-order valence-electron chi connectivity index (χ2n) is 34.2. The van der Waals surface area contributed by atoms with Crippen molar-refractivity contribution in [2.75, 3.05) is 0 Å². The van der Waals surface area contributed by atoms with E-state index in [2.05, 4.69) is 425 Å². The van der Waals surface area contributed by atoms with Crippen molar-refractivity contribution in [3.8, 4) is 22.3 Å². The maximum absolute atomic E-state index is 3.15. The molecule has 0 saturated carbocycles. The molecule has 0 spiro atoms. The van der Waals surface area contributed by atoms with Gasteiger partial charge in [0.05, 0.1) is 0 Å². The Morgan fingerprint density at radius 3 is 0.299 bits per heavy atom. The van der Waals surface area contributed by atoms with Crippen LogP contribution in [0.3, 0.4) is 0 Å². The average molecular weight is 2140 g/mol. The van der Waals surface area contributed by atoms with Crippen LogP contribution < -0.4 is 0 Å². The van der Waals surface area contributed by atoms with E-state index in [1.807, 2.05) is 97.1 Å². The fourth-order valence-corrected chi connectivity index (χ4v) is 21.0. The van der Waals surface area contributed by atoms with Gasteiger partial charge in [0, 0.05) is 0 Å². The summed E-state index contributed by atoms with van der Waals surface area (Å²) in [5.74, 6) is 0. The Morgan fingerprint density at radius 1 is 0.0896 bits per heavy atom. The first-order valence-corrected chi connectivity index (χ1v) is 45.4. The van der Waals surface area contributed by atoms with E-state index in [1.54, 1.807) is 0 Å². The molecular formula is C132H82U2. The van der Waals surface area contributed by atoms with Gasteiger partial charge >= 0.3 is 62.2 Å². The third-order valence-corrected chi connectivity index (χ3v) is 26.8. The summed E-state index contributed by atoms with van der Waals surface area (Å²) in [4.78, 5) is 0. The summed E-state index contributed by atoms with van der Waals surface area (Å²) in [5.41, 5.74) is 4.38. The molecule has 31 aromatic carbocycles. The van der Waals surface area contributed by atoms with Gasteiger partial charge in [-0.05, 0) is 226 Å². The fraction of sp³-hybridized carbons (Fsp3) is 0. The SMILES string of the molecule is [U+2].[U+2].[c-]1ccccc1-c1[c-]cccc1.[c-]1ccccc1-c1[c-]cccc1.c1cc2ccc3cccc4ccc(c1)c2c34.c1cc2ccc3cccc4ccc(c1)c2c34.c1cc2ccc3cccc4ccc(c1)c2c34.c1cc2cccc3c4cccc5cccc(c(c1)c23)c54.c1cc2cccc3c4cccc5cccc(c(c1)c23)c54.c1cc2cccc3c4cccc5cccc(c(c1)c23)c54. The third-order valence-electron chi connectivity index (χ3n) is 26.8.